The van der Waals surface area contributed by atoms with E-state index in [0.29, 0.717) is 21.7 Å². The van der Waals surface area contributed by atoms with Crippen molar-refractivity contribution in [3.8, 4) is 17.2 Å². The van der Waals surface area contributed by atoms with Crippen LogP contribution in [0.5, 0.6) is 17.2 Å². The predicted molar refractivity (Wildman–Crippen MR) is 87.8 cm³/mol. The summed E-state index contributed by atoms with van der Waals surface area (Å²) in [4.78, 5) is 11.3. The number of anilines is 1. The first kappa shape index (κ1) is 15.7. The Morgan fingerprint density at radius 2 is 1.71 bits per heavy atom. The lowest BCUT2D eigenvalue weighted by Crippen LogP contribution is -2.13. The van der Waals surface area contributed by atoms with Gasteiger partial charge in [-0.15, -0.1) is 0 Å². The largest absolute Gasteiger partial charge is 0.496 e. The van der Waals surface area contributed by atoms with E-state index in [1.165, 1.54) is 0 Å². The van der Waals surface area contributed by atoms with Crippen LogP contribution in [0.15, 0.2) is 39.3 Å². The molecular formula is C14H12Br2N2O3. The monoisotopic (exact) mass is 414 g/mol. The van der Waals surface area contributed by atoms with Gasteiger partial charge in [0.05, 0.1) is 27.3 Å². The highest BCUT2D eigenvalue weighted by atomic mass is 79.9. The van der Waals surface area contributed by atoms with E-state index in [1.54, 1.807) is 37.4 Å². The third-order valence-corrected chi connectivity index (χ3v) is 4.00. The summed E-state index contributed by atoms with van der Waals surface area (Å²) in [6.45, 7) is 0. The van der Waals surface area contributed by atoms with Crippen LogP contribution in [0.3, 0.4) is 0 Å². The molecule has 0 aliphatic rings. The minimum absolute atomic E-state index is 0.198. The Kier molecular flexibility index (Phi) is 4.74. The molecule has 0 atom stereocenters. The van der Waals surface area contributed by atoms with Gasteiger partial charge in [-0.05, 0) is 56.1 Å². The van der Waals surface area contributed by atoms with E-state index in [1.807, 2.05) is 0 Å². The van der Waals surface area contributed by atoms with Crippen LogP contribution in [0.1, 0.15) is 10.4 Å². The van der Waals surface area contributed by atoms with Gasteiger partial charge in [0.15, 0.2) is 5.75 Å². The number of hydrogen-bond donors (Lipinski definition) is 2. The van der Waals surface area contributed by atoms with E-state index in [-0.39, 0.29) is 11.3 Å². The second-order valence-corrected chi connectivity index (χ2v) is 5.81. The van der Waals surface area contributed by atoms with Crippen molar-refractivity contribution >= 4 is 43.5 Å². The smallest absolute Gasteiger partial charge is 0.250 e. The van der Waals surface area contributed by atoms with Crippen LogP contribution >= 0.6 is 31.9 Å². The maximum Gasteiger partial charge on any atom is 0.250 e. The zero-order valence-electron chi connectivity index (χ0n) is 11.0. The molecule has 0 radical (unpaired) electrons. The van der Waals surface area contributed by atoms with E-state index < -0.39 is 5.91 Å². The number of nitrogens with two attached hydrogens (primary N) is 2. The number of rotatable bonds is 4. The molecule has 0 unspecified atom stereocenters. The number of hydrogen-bond acceptors (Lipinski definition) is 4. The van der Waals surface area contributed by atoms with E-state index in [4.69, 9.17) is 20.9 Å². The standard InChI is InChI=1S/C14H12Br2N2O3/c1-20-11-5-9(16)12(6-8(11)15)21-10-4-2-3-7(13(10)17)14(18)19/h2-6H,17H2,1H3,(H2,18,19). The number of carbonyl (C=O) groups is 1. The van der Waals surface area contributed by atoms with Gasteiger partial charge < -0.3 is 20.9 Å². The maximum atomic E-state index is 11.3. The molecule has 2 aromatic rings. The average Bonchev–Trinajstić information content (AvgIpc) is 2.44. The predicted octanol–water partition coefficient (Wildman–Crippen LogP) is 3.69. The quantitative estimate of drug-likeness (QED) is 0.745. The molecule has 5 nitrogen and oxygen atoms in total. The molecule has 110 valence electrons. The van der Waals surface area contributed by atoms with E-state index >= 15 is 0 Å². The summed E-state index contributed by atoms with van der Waals surface area (Å²) in [5.41, 5.74) is 11.6. The van der Waals surface area contributed by atoms with Crippen molar-refractivity contribution in [2.24, 2.45) is 5.73 Å². The second kappa shape index (κ2) is 6.36. The minimum atomic E-state index is -0.604. The summed E-state index contributed by atoms with van der Waals surface area (Å²) in [7, 11) is 1.57. The Balaban J connectivity index is 2.41. The lowest BCUT2D eigenvalue weighted by atomic mass is 10.1. The fourth-order valence-electron chi connectivity index (χ4n) is 1.71. The summed E-state index contributed by atoms with van der Waals surface area (Å²) in [5.74, 6) is 0.932. The fourth-order valence-corrected chi connectivity index (χ4v) is 2.60. The number of carbonyl (C=O) groups excluding carboxylic acids is 1. The molecule has 0 aliphatic heterocycles. The Labute approximate surface area is 138 Å². The van der Waals surface area contributed by atoms with Gasteiger partial charge in [0.25, 0.3) is 5.91 Å². The number of halogens is 2. The topological polar surface area (TPSA) is 87.6 Å². The molecular weight excluding hydrogens is 404 g/mol. The van der Waals surface area contributed by atoms with Gasteiger partial charge in [-0.3, -0.25) is 4.79 Å². The molecule has 0 aliphatic carbocycles. The van der Waals surface area contributed by atoms with Crippen LogP contribution in [0.2, 0.25) is 0 Å². The van der Waals surface area contributed by atoms with E-state index in [0.717, 1.165) is 4.47 Å². The number of methoxy groups -OCH3 is 1. The summed E-state index contributed by atoms with van der Waals surface area (Å²) in [6.07, 6.45) is 0. The Bertz CT molecular complexity index is 705. The first-order valence-corrected chi connectivity index (χ1v) is 7.41. The molecule has 0 aromatic heterocycles. The van der Waals surface area contributed by atoms with Gasteiger partial charge in [-0.2, -0.15) is 0 Å². The van der Waals surface area contributed by atoms with Gasteiger partial charge in [-0.1, -0.05) is 6.07 Å². The zero-order valence-corrected chi connectivity index (χ0v) is 14.2. The normalized spacial score (nSPS) is 10.2. The summed E-state index contributed by atoms with van der Waals surface area (Å²) < 4.78 is 12.3. The van der Waals surface area contributed by atoms with Crippen LogP contribution in [0.25, 0.3) is 0 Å². The van der Waals surface area contributed by atoms with Crippen molar-refractivity contribution in [2.75, 3.05) is 12.8 Å². The minimum Gasteiger partial charge on any atom is -0.496 e. The molecule has 0 bridgehead atoms. The number of ether oxygens (including phenoxy) is 2. The van der Waals surface area contributed by atoms with Crippen molar-refractivity contribution < 1.29 is 14.3 Å². The summed E-state index contributed by atoms with van der Waals surface area (Å²) in [5, 5.41) is 0. The molecule has 2 rings (SSSR count). The lowest BCUT2D eigenvalue weighted by Gasteiger charge is -2.13. The first-order chi connectivity index (χ1) is 9.93. The summed E-state index contributed by atoms with van der Waals surface area (Å²) >= 11 is 6.77. The van der Waals surface area contributed by atoms with Crippen molar-refractivity contribution in [2.45, 2.75) is 0 Å². The van der Waals surface area contributed by atoms with Gasteiger partial charge in [0.2, 0.25) is 0 Å². The average molecular weight is 416 g/mol. The summed E-state index contributed by atoms with van der Waals surface area (Å²) in [6, 6.07) is 8.35. The molecule has 0 spiro atoms. The highest BCUT2D eigenvalue weighted by molar-refractivity contribution is 9.11. The van der Waals surface area contributed by atoms with Crippen molar-refractivity contribution in [3.05, 3.63) is 44.8 Å². The van der Waals surface area contributed by atoms with Crippen molar-refractivity contribution in [1.29, 1.82) is 0 Å². The number of para-hydroxylation sites is 1. The van der Waals surface area contributed by atoms with Crippen molar-refractivity contribution in [3.63, 3.8) is 0 Å². The number of primary amides is 1. The number of benzene rings is 2. The maximum absolute atomic E-state index is 11.3. The fraction of sp³-hybridized carbons (Fsp3) is 0.0714. The lowest BCUT2D eigenvalue weighted by molar-refractivity contribution is 0.100. The van der Waals surface area contributed by atoms with Crippen molar-refractivity contribution in [1.82, 2.24) is 0 Å². The van der Waals surface area contributed by atoms with Crippen LogP contribution < -0.4 is 20.9 Å². The van der Waals surface area contributed by atoms with Crippen LogP contribution in [-0.2, 0) is 0 Å². The Morgan fingerprint density at radius 3 is 2.33 bits per heavy atom. The molecule has 4 N–H and O–H groups in total. The van der Waals surface area contributed by atoms with Gasteiger partial charge in [-0.25, -0.2) is 0 Å². The van der Waals surface area contributed by atoms with Crippen LogP contribution in [-0.4, -0.2) is 13.0 Å². The highest BCUT2D eigenvalue weighted by Crippen LogP contribution is 2.39. The van der Waals surface area contributed by atoms with E-state index in [9.17, 15) is 4.79 Å². The molecule has 0 fully saturated rings. The molecule has 0 heterocycles. The highest BCUT2D eigenvalue weighted by Gasteiger charge is 2.14. The molecule has 0 saturated carbocycles. The second-order valence-electron chi connectivity index (χ2n) is 4.10. The van der Waals surface area contributed by atoms with Gasteiger partial charge in [0.1, 0.15) is 11.5 Å². The molecule has 21 heavy (non-hydrogen) atoms. The third kappa shape index (κ3) is 3.30. The third-order valence-electron chi connectivity index (χ3n) is 2.76. The SMILES string of the molecule is COc1cc(Br)c(Oc2cccc(C(N)=O)c2N)cc1Br. The molecule has 7 heteroatoms. The molecule has 0 saturated heterocycles. The van der Waals surface area contributed by atoms with Crippen LogP contribution in [0.4, 0.5) is 5.69 Å². The van der Waals surface area contributed by atoms with E-state index in [2.05, 4.69) is 31.9 Å². The first-order valence-electron chi connectivity index (χ1n) is 5.83. The molecule has 2 aromatic carbocycles. The van der Waals surface area contributed by atoms with Gasteiger partial charge >= 0.3 is 0 Å². The Hall–Kier alpha value is -1.73. The number of nitrogen functional groups attached to an aromatic ring is 1. The zero-order chi connectivity index (χ0) is 15.6. The number of amides is 1. The van der Waals surface area contributed by atoms with Crippen LogP contribution in [0, 0.1) is 0 Å². The molecule has 1 amide bonds. The van der Waals surface area contributed by atoms with Gasteiger partial charge in [0, 0.05) is 0 Å². The Morgan fingerprint density at radius 1 is 1.10 bits per heavy atom.